The molecule has 180 valence electrons. The lowest BCUT2D eigenvalue weighted by Crippen LogP contribution is -2.55. The summed E-state index contributed by atoms with van der Waals surface area (Å²) in [6, 6.07) is 0. The van der Waals surface area contributed by atoms with E-state index in [1.54, 1.807) is 20.8 Å². The van der Waals surface area contributed by atoms with Gasteiger partial charge < -0.3 is 20.1 Å². The first-order valence-electron chi connectivity index (χ1n) is 11.9. The smallest absolute Gasteiger partial charge is 0.312 e. The monoisotopic (exact) mass is 441 g/mol. The normalized spacial score (nSPS) is 16.5. The van der Waals surface area contributed by atoms with Crippen molar-refractivity contribution in [3.63, 3.8) is 0 Å². The number of nitrogens with zero attached hydrogens (tertiary/aromatic N) is 1. The van der Waals surface area contributed by atoms with E-state index in [0.29, 0.717) is 19.3 Å². The van der Waals surface area contributed by atoms with Crippen LogP contribution < -0.4 is 5.11 Å². The fourth-order valence-corrected chi connectivity index (χ4v) is 4.02. The number of carboxylic acid groups (broad SMARTS) is 3. The Hall–Kier alpha value is -1.89. The Kier molecular flexibility index (Phi) is 14.9. The van der Waals surface area contributed by atoms with E-state index < -0.39 is 35.7 Å². The number of unbranched alkanes of at least 4 members (excludes halogenated alkanes) is 5. The average molecular weight is 442 g/mol. The molecule has 0 heterocycles. The molecule has 0 aromatic heterocycles. The highest BCUT2D eigenvalue weighted by Crippen LogP contribution is 2.25. The van der Waals surface area contributed by atoms with E-state index >= 15 is 0 Å². The lowest BCUT2D eigenvalue weighted by Gasteiger charge is -2.41. The zero-order valence-electron chi connectivity index (χ0n) is 19.8. The van der Waals surface area contributed by atoms with Gasteiger partial charge in [0.25, 0.3) is 0 Å². The zero-order chi connectivity index (χ0) is 23.9. The Morgan fingerprint density at radius 3 is 1.61 bits per heavy atom. The summed E-state index contributed by atoms with van der Waals surface area (Å²) >= 11 is 0. The number of hydrogen-bond acceptors (Lipinski definition) is 4. The van der Waals surface area contributed by atoms with Gasteiger partial charge in [-0.25, -0.2) is 0 Å². The Bertz CT molecular complexity index is 515. The summed E-state index contributed by atoms with van der Waals surface area (Å²) in [6.07, 6.45) is 11.4. The second-order valence-corrected chi connectivity index (χ2v) is 8.66. The molecule has 7 heteroatoms. The van der Waals surface area contributed by atoms with E-state index in [-0.39, 0.29) is 24.1 Å². The molecule has 0 saturated carbocycles. The van der Waals surface area contributed by atoms with Crippen molar-refractivity contribution in [3.8, 4) is 0 Å². The number of carbonyl (C=O) groups is 3. The van der Waals surface area contributed by atoms with Crippen LogP contribution in [0.25, 0.3) is 0 Å². The standard InChI is InChI=1S/C24H43NO6/c1-5-9-10-11-12-13-14-15-25(16-19(6-2)22(26)27,17-20(7-3)23(28)29)18-21(8-4)24(30)31/h14-15,19-21H,5-13,16-18H2,1-4H3,(H2-,26,27,28,29,30,31)/b15-14+. The van der Waals surface area contributed by atoms with E-state index in [2.05, 4.69) is 6.92 Å². The highest BCUT2D eigenvalue weighted by atomic mass is 16.4. The summed E-state index contributed by atoms with van der Waals surface area (Å²) in [5.74, 6) is -5.19. The third kappa shape index (κ3) is 11.3. The molecule has 0 aliphatic carbocycles. The first-order chi connectivity index (χ1) is 14.7. The van der Waals surface area contributed by atoms with Crippen LogP contribution in [0.1, 0.15) is 85.5 Å². The molecule has 0 aliphatic heterocycles. The second-order valence-electron chi connectivity index (χ2n) is 8.66. The summed E-state index contributed by atoms with van der Waals surface area (Å²) in [5.41, 5.74) is 0. The first-order valence-corrected chi connectivity index (χ1v) is 11.9. The van der Waals surface area contributed by atoms with Gasteiger partial charge in [0.15, 0.2) is 0 Å². The zero-order valence-corrected chi connectivity index (χ0v) is 19.8. The maximum Gasteiger partial charge on any atom is 0.312 e. The van der Waals surface area contributed by atoms with Crippen molar-refractivity contribution in [1.82, 2.24) is 0 Å². The fraction of sp³-hybridized carbons (Fsp3) is 0.792. The third-order valence-electron chi connectivity index (χ3n) is 6.16. The van der Waals surface area contributed by atoms with Crippen molar-refractivity contribution in [2.45, 2.75) is 85.5 Å². The van der Waals surface area contributed by atoms with Gasteiger partial charge in [0.05, 0.1) is 31.8 Å². The minimum Gasteiger partial charge on any atom is -0.550 e. The number of rotatable bonds is 19. The molecular formula is C24H43NO6. The molecule has 0 aliphatic rings. The van der Waals surface area contributed by atoms with Gasteiger partial charge in [0, 0.05) is 5.92 Å². The Labute approximate surface area is 187 Å². The maximum absolute atomic E-state index is 11.8. The highest BCUT2D eigenvalue weighted by molar-refractivity contribution is 5.71. The molecular weight excluding hydrogens is 398 g/mol. The Morgan fingerprint density at radius 1 is 0.774 bits per heavy atom. The molecule has 0 aromatic carbocycles. The summed E-state index contributed by atoms with van der Waals surface area (Å²) < 4.78 is 0.0388. The molecule has 0 bridgehead atoms. The number of carboxylic acids is 3. The van der Waals surface area contributed by atoms with Crippen LogP contribution in [-0.2, 0) is 14.4 Å². The SMILES string of the molecule is CCCCCCC/C=C/[N+](CC(CC)C(=O)[O-])(CC(CC)C(=O)O)CC(CC)C(=O)O. The Balaban J connectivity index is 5.91. The molecule has 0 aromatic rings. The summed E-state index contributed by atoms with van der Waals surface area (Å²) in [4.78, 5) is 35.3. The average Bonchev–Trinajstić information content (AvgIpc) is 2.72. The van der Waals surface area contributed by atoms with E-state index in [0.717, 1.165) is 19.3 Å². The summed E-state index contributed by atoms with van der Waals surface area (Å²) in [6.45, 7) is 7.98. The predicted molar refractivity (Wildman–Crippen MR) is 119 cm³/mol. The third-order valence-corrected chi connectivity index (χ3v) is 6.16. The van der Waals surface area contributed by atoms with Crippen LogP contribution in [0.5, 0.6) is 0 Å². The van der Waals surface area contributed by atoms with Gasteiger partial charge in [-0.1, -0.05) is 53.4 Å². The van der Waals surface area contributed by atoms with E-state index in [4.69, 9.17) is 0 Å². The van der Waals surface area contributed by atoms with Gasteiger partial charge in [-0.2, -0.15) is 0 Å². The van der Waals surface area contributed by atoms with E-state index in [9.17, 15) is 29.7 Å². The molecule has 3 atom stereocenters. The van der Waals surface area contributed by atoms with Crippen molar-refractivity contribution in [1.29, 1.82) is 0 Å². The summed E-state index contributed by atoms with van der Waals surface area (Å²) in [5, 5.41) is 31.0. The predicted octanol–water partition coefficient (Wildman–Crippen LogP) is 3.68. The van der Waals surface area contributed by atoms with Gasteiger partial charge >= 0.3 is 11.9 Å². The molecule has 0 radical (unpaired) electrons. The molecule has 0 rings (SSSR count). The van der Waals surface area contributed by atoms with Gasteiger partial charge in [0.1, 0.15) is 11.8 Å². The Morgan fingerprint density at radius 2 is 1.23 bits per heavy atom. The maximum atomic E-state index is 11.8. The number of hydrogen-bond donors (Lipinski definition) is 2. The van der Waals surface area contributed by atoms with Crippen LogP contribution in [0.15, 0.2) is 12.3 Å². The van der Waals surface area contributed by atoms with Crippen LogP contribution >= 0.6 is 0 Å². The van der Waals surface area contributed by atoms with Gasteiger partial charge in [-0.3, -0.25) is 14.1 Å². The minimum absolute atomic E-state index is 0.0388. The molecule has 0 spiro atoms. The largest absolute Gasteiger partial charge is 0.550 e. The van der Waals surface area contributed by atoms with Gasteiger partial charge in [-0.15, -0.1) is 0 Å². The van der Waals surface area contributed by atoms with Gasteiger partial charge in [-0.05, 0) is 38.2 Å². The van der Waals surface area contributed by atoms with Crippen molar-refractivity contribution in [2.75, 3.05) is 19.6 Å². The van der Waals surface area contributed by atoms with Crippen LogP contribution in [0.3, 0.4) is 0 Å². The van der Waals surface area contributed by atoms with Crippen molar-refractivity contribution in [2.24, 2.45) is 17.8 Å². The minimum atomic E-state index is -1.18. The van der Waals surface area contributed by atoms with Crippen molar-refractivity contribution in [3.05, 3.63) is 12.3 Å². The number of allylic oxidation sites excluding steroid dienone is 1. The lowest BCUT2D eigenvalue weighted by molar-refractivity contribution is -0.887. The van der Waals surface area contributed by atoms with Crippen LogP contribution in [0, 0.1) is 17.8 Å². The molecule has 3 unspecified atom stereocenters. The molecule has 0 fully saturated rings. The van der Waals surface area contributed by atoms with Crippen LogP contribution in [-0.4, -0.2) is 52.2 Å². The number of aliphatic carboxylic acids is 3. The quantitative estimate of drug-likeness (QED) is 0.233. The summed E-state index contributed by atoms with van der Waals surface area (Å²) in [7, 11) is 0. The lowest BCUT2D eigenvalue weighted by atomic mass is 9.96. The van der Waals surface area contributed by atoms with Gasteiger partial charge in [0.2, 0.25) is 0 Å². The number of carbonyl (C=O) groups excluding carboxylic acids is 1. The molecule has 0 amide bonds. The van der Waals surface area contributed by atoms with Crippen molar-refractivity contribution >= 4 is 17.9 Å². The molecule has 31 heavy (non-hydrogen) atoms. The van der Waals surface area contributed by atoms with Crippen LogP contribution in [0.2, 0.25) is 0 Å². The first kappa shape index (κ1) is 29.1. The highest BCUT2D eigenvalue weighted by Gasteiger charge is 2.38. The molecule has 7 nitrogen and oxygen atoms in total. The molecule has 2 N–H and O–H groups in total. The number of quaternary nitrogens is 1. The van der Waals surface area contributed by atoms with E-state index in [1.165, 1.54) is 19.3 Å². The van der Waals surface area contributed by atoms with E-state index in [1.807, 2.05) is 12.3 Å². The topological polar surface area (TPSA) is 115 Å². The van der Waals surface area contributed by atoms with Crippen LogP contribution in [0.4, 0.5) is 0 Å². The molecule has 0 saturated heterocycles. The second kappa shape index (κ2) is 15.8. The fourth-order valence-electron chi connectivity index (χ4n) is 4.02. The van der Waals surface area contributed by atoms with Crippen molar-refractivity contribution < 1.29 is 34.2 Å².